The van der Waals surface area contributed by atoms with Gasteiger partial charge in [-0.3, -0.25) is 4.79 Å². The third-order valence-corrected chi connectivity index (χ3v) is 6.45. The Morgan fingerprint density at radius 3 is 2.68 bits per heavy atom. The van der Waals surface area contributed by atoms with Gasteiger partial charge >= 0.3 is 0 Å². The molecule has 0 fully saturated rings. The third kappa shape index (κ3) is 3.02. The number of hydrogen-bond donors (Lipinski definition) is 2. The van der Waals surface area contributed by atoms with Gasteiger partial charge in [0.2, 0.25) is 5.91 Å². The number of ether oxygens (including phenoxy) is 3. The molecular formula is C24H28N2O5. The van der Waals surface area contributed by atoms with Gasteiger partial charge in [-0.2, -0.15) is 0 Å². The number of hydrogen-bond acceptors (Lipinski definition) is 6. The van der Waals surface area contributed by atoms with Crippen LogP contribution in [0.2, 0.25) is 0 Å². The van der Waals surface area contributed by atoms with Crippen LogP contribution in [0.25, 0.3) is 0 Å². The summed E-state index contributed by atoms with van der Waals surface area (Å²) in [6, 6.07) is 9.47. The number of fused-ring (bicyclic) bond motifs is 5. The summed E-state index contributed by atoms with van der Waals surface area (Å²) >= 11 is 0. The minimum atomic E-state index is -0.984. The van der Waals surface area contributed by atoms with E-state index < -0.39 is 11.6 Å². The number of amides is 1. The van der Waals surface area contributed by atoms with E-state index in [1.807, 2.05) is 30.3 Å². The van der Waals surface area contributed by atoms with E-state index in [-0.39, 0.29) is 12.5 Å². The van der Waals surface area contributed by atoms with Crippen molar-refractivity contribution in [2.75, 3.05) is 37.1 Å². The lowest BCUT2D eigenvalue weighted by Crippen LogP contribution is -2.41. The predicted molar refractivity (Wildman–Crippen MR) is 117 cm³/mol. The lowest BCUT2D eigenvalue weighted by Gasteiger charge is -2.26. The van der Waals surface area contributed by atoms with Crippen LogP contribution < -0.4 is 24.4 Å². The molecule has 7 heteroatoms. The average molecular weight is 424 g/mol. The lowest BCUT2D eigenvalue weighted by molar-refractivity contribution is -0.121. The van der Waals surface area contributed by atoms with Crippen LogP contribution in [0.1, 0.15) is 43.7 Å². The highest BCUT2D eigenvalue weighted by Gasteiger charge is 2.57. The van der Waals surface area contributed by atoms with Crippen LogP contribution in [0.4, 0.5) is 11.4 Å². The van der Waals surface area contributed by atoms with E-state index in [4.69, 9.17) is 14.2 Å². The number of nitrogens with zero attached hydrogens (tertiary/aromatic N) is 1. The quantitative estimate of drug-likeness (QED) is 0.546. The summed E-state index contributed by atoms with van der Waals surface area (Å²) in [6.07, 6.45) is 3.09. The van der Waals surface area contributed by atoms with Gasteiger partial charge in [0.25, 0.3) is 0 Å². The molecule has 2 aromatic rings. The molecule has 0 radical (unpaired) electrons. The van der Waals surface area contributed by atoms with Crippen LogP contribution >= 0.6 is 0 Å². The van der Waals surface area contributed by atoms with E-state index in [0.717, 1.165) is 41.8 Å². The highest BCUT2D eigenvalue weighted by Crippen LogP contribution is 2.56. The van der Waals surface area contributed by atoms with Gasteiger partial charge in [-0.15, -0.1) is 0 Å². The molecule has 0 saturated heterocycles. The minimum absolute atomic E-state index is 0.0485. The number of aliphatic hydroxyl groups is 1. The summed E-state index contributed by atoms with van der Waals surface area (Å²) < 4.78 is 17.5. The maximum absolute atomic E-state index is 13.6. The van der Waals surface area contributed by atoms with E-state index in [1.165, 1.54) is 0 Å². The van der Waals surface area contributed by atoms with E-state index >= 15 is 0 Å². The number of aliphatic hydroxyl groups excluding tert-OH is 1. The molecule has 2 aromatic carbocycles. The number of nitrogens with one attached hydrogen (secondary N) is 1. The second-order valence-corrected chi connectivity index (χ2v) is 8.41. The fraction of sp³-hybridized carbons (Fsp3) is 0.458. The largest absolute Gasteiger partial charge is 0.491 e. The van der Waals surface area contributed by atoms with Crippen molar-refractivity contribution >= 4 is 17.3 Å². The van der Waals surface area contributed by atoms with Crippen LogP contribution in [-0.4, -0.2) is 44.1 Å². The van der Waals surface area contributed by atoms with E-state index in [0.29, 0.717) is 36.9 Å². The zero-order chi connectivity index (χ0) is 21.6. The molecule has 1 spiro atoms. The zero-order valence-corrected chi connectivity index (χ0v) is 17.9. The van der Waals surface area contributed by atoms with Gasteiger partial charge < -0.3 is 29.5 Å². The SMILES string of the molecule is CCCCCC(O)Nc1cccc2c1C1(COc3cc4c(cc31)OCCO4)C(=O)N2C. The Labute approximate surface area is 181 Å². The molecule has 2 unspecified atom stereocenters. The van der Waals surface area contributed by atoms with Crippen molar-refractivity contribution in [1.82, 2.24) is 0 Å². The Morgan fingerprint density at radius 1 is 1.13 bits per heavy atom. The Morgan fingerprint density at radius 2 is 1.90 bits per heavy atom. The Hall–Kier alpha value is -2.93. The monoisotopic (exact) mass is 424 g/mol. The highest BCUT2D eigenvalue weighted by atomic mass is 16.6. The van der Waals surface area contributed by atoms with Crippen molar-refractivity contribution in [3.63, 3.8) is 0 Å². The molecule has 2 N–H and O–H groups in total. The standard InChI is InChI=1S/C24H28N2O5/c1-3-4-5-9-21(27)25-16-7-6-8-17-22(16)24(23(28)26(17)2)14-31-18-13-20-19(12-15(18)24)29-10-11-30-20/h6-8,12-13,21,25,27H,3-5,9-11,14H2,1-2H3. The fourth-order valence-corrected chi connectivity index (χ4v) is 4.90. The molecule has 7 nitrogen and oxygen atoms in total. The Bertz CT molecular complexity index is 1020. The number of benzene rings is 2. The van der Waals surface area contributed by atoms with Crippen molar-refractivity contribution in [3.8, 4) is 17.2 Å². The molecule has 31 heavy (non-hydrogen) atoms. The van der Waals surface area contributed by atoms with Gasteiger partial charge in [-0.1, -0.05) is 25.8 Å². The number of carbonyl (C=O) groups excluding carboxylic acids is 1. The number of carbonyl (C=O) groups is 1. The summed E-state index contributed by atoms with van der Waals surface area (Å²) in [5, 5.41) is 13.9. The number of unbranched alkanes of at least 4 members (excludes halogenated alkanes) is 2. The lowest BCUT2D eigenvalue weighted by atomic mass is 9.76. The summed E-state index contributed by atoms with van der Waals surface area (Å²) in [6.45, 7) is 3.30. The van der Waals surface area contributed by atoms with Gasteiger partial charge in [0.1, 0.15) is 37.2 Å². The molecule has 164 valence electrons. The van der Waals surface area contributed by atoms with Gasteiger partial charge in [-0.05, 0) is 31.0 Å². The molecule has 0 aliphatic carbocycles. The Balaban J connectivity index is 1.59. The van der Waals surface area contributed by atoms with Crippen molar-refractivity contribution in [2.45, 2.75) is 44.2 Å². The van der Waals surface area contributed by atoms with Crippen LogP contribution in [0, 0.1) is 0 Å². The molecule has 3 aliphatic rings. The summed E-state index contributed by atoms with van der Waals surface area (Å²) in [4.78, 5) is 15.3. The zero-order valence-electron chi connectivity index (χ0n) is 17.9. The first-order chi connectivity index (χ1) is 15.1. The molecule has 5 rings (SSSR count). The summed E-state index contributed by atoms with van der Waals surface area (Å²) in [7, 11) is 1.79. The van der Waals surface area contributed by atoms with E-state index in [9.17, 15) is 9.90 Å². The van der Waals surface area contributed by atoms with E-state index in [1.54, 1.807) is 11.9 Å². The van der Waals surface area contributed by atoms with Crippen molar-refractivity contribution in [2.24, 2.45) is 0 Å². The smallest absolute Gasteiger partial charge is 0.245 e. The van der Waals surface area contributed by atoms with Crippen LogP contribution in [-0.2, 0) is 10.2 Å². The molecular weight excluding hydrogens is 396 g/mol. The van der Waals surface area contributed by atoms with Gasteiger partial charge in [0, 0.05) is 29.9 Å². The molecule has 3 heterocycles. The second kappa shape index (κ2) is 7.64. The fourth-order valence-electron chi connectivity index (χ4n) is 4.90. The van der Waals surface area contributed by atoms with Gasteiger partial charge in [0.05, 0.1) is 5.69 Å². The molecule has 0 aromatic heterocycles. The highest BCUT2D eigenvalue weighted by molar-refractivity contribution is 6.13. The normalized spacial score (nSPS) is 21.6. The maximum Gasteiger partial charge on any atom is 0.245 e. The molecule has 2 atom stereocenters. The van der Waals surface area contributed by atoms with E-state index in [2.05, 4.69) is 12.2 Å². The average Bonchev–Trinajstić information content (AvgIpc) is 3.25. The molecule has 0 bridgehead atoms. The maximum atomic E-state index is 13.6. The second-order valence-electron chi connectivity index (χ2n) is 8.41. The number of likely N-dealkylation sites (N-methyl/N-ethyl adjacent to an activating group) is 1. The van der Waals surface area contributed by atoms with Gasteiger partial charge in [-0.25, -0.2) is 0 Å². The van der Waals surface area contributed by atoms with Crippen molar-refractivity contribution in [3.05, 3.63) is 41.5 Å². The molecule has 3 aliphatic heterocycles. The first-order valence-electron chi connectivity index (χ1n) is 11.0. The molecule has 1 amide bonds. The summed E-state index contributed by atoms with van der Waals surface area (Å²) in [5.41, 5.74) is 2.21. The van der Waals surface area contributed by atoms with Crippen LogP contribution in [0.3, 0.4) is 0 Å². The minimum Gasteiger partial charge on any atom is -0.491 e. The summed E-state index contributed by atoms with van der Waals surface area (Å²) in [5.74, 6) is 1.85. The number of anilines is 2. The topological polar surface area (TPSA) is 80.3 Å². The first kappa shape index (κ1) is 20.0. The Kier molecular flexibility index (Phi) is 4.93. The number of rotatable bonds is 6. The first-order valence-corrected chi connectivity index (χ1v) is 11.0. The van der Waals surface area contributed by atoms with Crippen molar-refractivity contribution in [1.29, 1.82) is 0 Å². The van der Waals surface area contributed by atoms with Crippen LogP contribution in [0.5, 0.6) is 17.2 Å². The van der Waals surface area contributed by atoms with Crippen LogP contribution in [0.15, 0.2) is 30.3 Å². The third-order valence-electron chi connectivity index (χ3n) is 6.45. The van der Waals surface area contributed by atoms with Gasteiger partial charge in [0.15, 0.2) is 11.5 Å². The van der Waals surface area contributed by atoms with Crippen molar-refractivity contribution < 1.29 is 24.1 Å². The molecule has 0 saturated carbocycles. The predicted octanol–water partition coefficient (Wildman–Crippen LogP) is 3.42.